The number of benzene rings is 2. The van der Waals surface area contributed by atoms with E-state index in [2.05, 4.69) is 4.90 Å². The largest absolute Gasteiger partial charge is 0.497 e. The maximum absolute atomic E-state index is 13.6. The molecule has 1 saturated heterocycles. The molecular weight excluding hydrogens is 524 g/mol. The average Bonchev–Trinajstić information content (AvgIpc) is 3.29. The zero-order valence-electron chi connectivity index (χ0n) is 20.5. The SMILES string of the molecule is COc1ccc2sc(N(CCCN(C)C)C(=O)c3ccc(S(=O)(=O)N4CCOCC4)cc3)nc2c1.Cl. The molecule has 0 atom stereocenters. The molecule has 3 aromatic rings. The van der Waals surface area contributed by atoms with Crippen LogP contribution >= 0.6 is 23.7 Å². The van der Waals surface area contributed by atoms with E-state index < -0.39 is 10.0 Å². The molecule has 12 heteroatoms. The molecule has 0 unspecified atom stereocenters. The van der Waals surface area contributed by atoms with Gasteiger partial charge in [-0.3, -0.25) is 9.69 Å². The third-order valence-electron chi connectivity index (χ3n) is 5.76. The smallest absolute Gasteiger partial charge is 0.260 e. The van der Waals surface area contributed by atoms with Crippen molar-refractivity contribution in [3.05, 3.63) is 48.0 Å². The Labute approximate surface area is 222 Å². The van der Waals surface area contributed by atoms with Crippen molar-refractivity contribution in [3.63, 3.8) is 0 Å². The van der Waals surface area contributed by atoms with Crippen molar-refractivity contribution in [2.75, 3.05) is 65.5 Å². The fraction of sp³-hybridized carbons (Fsp3) is 0.417. The number of hydrogen-bond donors (Lipinski definition) is 0. The number of amides is 1. The number of anilines is 1. The molecule has 0 aliphatic carbocycles. The van der Waals surface area contributed by atoms with Crippen molar-refractivity contribution in [1.29, 1.82) is 0 Å². The van der Waals surface area contributed by atoms with Crippen molar-refractivity contribution < 1.29 is 22.7 Å². The molecule has 0 saturated carbocycles. The molecule has 0 bridgehead atoms. The van der Waals surface area contributed by atoms with Crippen LogP contribution in [0, 0.1) is 0 Å². The van der Waals surface area contributed by atoms with Gasteiger partial charge in [0.2, 0.25) is 10.0 Å². The third kappa shape index (κ3) is 6.34. The summed E-state index contributed by atoms with van der Waals surface area (Å²) in [6, 6.07) is 11.8. The first-order valence-corrected chi connectivity index (χ1v) is 13.6. The quantitative estimate of drug-likeness (QED) is 0.400. The normalized spacial score (nSPS) is 14.6. The number of hydrogen-bond acceptors (Lipinski definition) is 8. The van der Waals surface area contributed by atoms with E-state index in [1.54, 1.807) is 24.1 Å². The zero-order chi connectivity index (χ0) is 25.0. The second kappa shape index (κ2) is 12.3. The van der Waals surface area contributed by atoms with E-state index in [0.29, 0.717) is 49.3 Å². The Kier molecular flexibility index (Phi) is 9.67. The Morgan fingerprint density at radius 3 is 2.44 bits per heavy atom. The van der Waals surface area contributed by atoms with Gasteiger partial charge in [-0.25, -0.2) is 13.4 Å². The summed E-state index contributed by atoms with van der Waals surface area (Å²) in [5, 5.41) is 0.599. The molecule has 0 spiro atoms. The highest BCUT2D eigenvalue weighted by molar-refractivity contribution is 7.89. The Morgan fingerprint density at radius 2 is 1.81 bits per heavy atom. The molecule has 36 heavy (non-hydrogen) atoms. The predicted octanol–water partition coefficient (Wildman–Crippen LogP) is 3.35. The lowest BCUT2D eigenvalue weighted by Gasteiger charge is -2.26. The average molecular weight is 555 g/mol. The van der Waals surface area contributed by atoms with Gasteiger partial charge in [0.05, 0.1) is 35.4 Å². The zero-order valence-corrected chi connectivity index (χ0v) is 23.0. The molecule has 0 N–H and O–H groups in total. The molecular formula is C24H31ClN4O5S2. The van der Waals surface area contributed by atoms with Gasteiger partial charge in [0, 0.05) is 31.3 Å². The first-order valence-electron chi connectivity index (χ1n) is 11.4. The summed E-state index contributed by atoms with van der Waals surface area (Å²) < 4.78 is 38.8. The second-order valence-corrected chi connectivity index (χ2v) is 11.4. The Bertz CT molecular complexity index is 1280. The molecule has 196 valence electrons. The molecule has 4 rings (SSSR count). The van der Waals surface area contributed by atoms with Crippen LogP contribution in [-0.2, 0) is 14.8 Å². The third-order valence-corrected chi connectivity index (χ3v) is 8.73. The molecule has 2 heterocycles. The highest BCUT2D eigenvalue weighted by Crippen LogP contribution is 2.32. The van der Waals surface area contributed by atoms with Gasteiger partial charge in [0.15, 0.2) is 5.13 Å². The molecule has 0 radical (unpaired) electrons. The number of carbonyl (C=O) groups is 1. The summed E-state index contributed by atoms with van der Waals surface area (Å²) in [6.45, 7) is 2.72. The fourth-order valence-corrected chi connectivity index (χ4v) is 6.21. The van der Waals surface area contributed by atoms with E-state index in [9.17, 15) is 13.2 Å². The number of thiazole rings is 1. The minimum Gasteiger partial charge on any atom is -0.497 e. The van der Waals surface area contributed by atoms with E-state index in [1.165, 1.54) is 27.8 Å². The van der Waals surface area contributed by atoms with Gasteiger partial charge < -0.3 is 14.4 Å². The van der Waals surface area contributed by atoms with Gasteiger partial charge in [0.25, 0.3) is 5.91 Å². The van der Waals surface area contributed by atoms with Gasteiger partial charge in [-0.15, -0.1) is 12.4 Å². The summed E-state index contributed by atoms with van der Waals surface area (Å²) in [5.41, 5.74) is 1.18. The van der Waals surface area contributed by atoms with Crippen molar-refractivity contribution in [3.8, 4) is 5.75 Å². The number of rotatable bonds is 9. The number of halogens is 1. The maximum atomic E-state index is 13.6. The minimum atomic E-state index is -3.62. The molecule has 1 aromatic heterocycles. The maximum Gasteiger partial charge on any atom is 0.260 e. The molecule has 1 aliphatic rings. The van der Waals surface area contributed by atoms with E-state index >= 15 is 0 Å². The highest BCUT2D eigenvalue weighted by Gasteiger charge is 2.27. The number of nitrogens with zero attached hydrogens (tertiary/aromatic N) is 4. The summed E-state index contributed by atoms with van der Waals surface area (Å²) in [4.78, 5) is 22.2. The van der Waals surface area contributed by atoms with E-state index in [1.807, 2.05) is 32.3 Å². The number of morpholine rings is 1. The van der Waals surface area contributed by atoms with Crippen molar-refractivity contribution in [2.24, 2.45) is 0 Å². The highest BCUT2D eigenvalue weighted by atomic mass is 35.5. The van der Waals surface area contributed by atoms with Crippen LogP contribution in [-0.4, -0.2) is 89.1 Å². The monoisotopic (exact) mass is 554 g/mol. The van der Waals surface area contributed by atoms with E-state index in [-0.39, 0.29) is 23.2 Å². The Hall–Kier alpha value is -2.28. The number of ether oxygens (including phenoxy) is 2. The first-order chi connectivity index (χ1) is 16.8. The van der Waals surface area contributed by atoms with Crippen molar-refractivity contribution in [1.82, 2.24) is 14.2 Å². The van der Waals surface area contributed by atoms with Gasteiger partial charge in [-0.05, 0) is 63.5 Å². The molecule has 2 aromatic carbocycles. The van der Waals surface area contributed by atoms with Crippen molar-refractivity contribution >= 4 is 55.0 Å². The molecule has 1 fully saturated rings. The van der Waals surface area contributed by atoms with Crippen LogP contribution in [0.4, 0.5) is 5.13 Å². The van der Waals surface area contributed by atoms with Gasteiger partial charge in [0.1, 0.15) is 5.75 Å². The molecule has 1 aliphatic heterocycles. The minimum absolute atomic E-state index is 0. The topological polar surface area (TPSA) is 92.3 Å². The van der Waals surface area contributed by atoms with E-state index in [0.717, 1.165) is 23.2 Å². The van der Waals surface area contributed by atoms with Crippen molar-refractivity contribution in [2.45, 2.75) is 11.3 Å². The molecule has 9 nitrogen and oxygen atoms in total. The summed E-state index contributed by atoms with van der Waals surface area (Å²) in [7, 11) is 1.96. The van der Waals surface area contributed by atoms with Gasteiger partial charge >= 0.3 is 0 Å². The second-order valence-electron chi connectivity index (χ2n) is 8.48. The number of sulfonamides is 1. The van der Waals surface area contributed by atoms with Crippen LogP contribution in [0.1, 0.15) is 16.8 Å². The van der Waals surface area contributed by atoms with Crippen LogP contribution in [0.15, 0.2) is 47.4 Å². The van der Waals surface area contributed by atoms with Crippen LogP contribution in [0.25, 0.3) is 10.2 Å². The van der Waals surface area contributed by atoms with Gasteiger partial charge in [-0.2, -0.15) is 4.31 Å². The van der Waals surface area contributed by atoms with E-state index in [4.69, 9.17) is 14.5 Å². The van der Waals surface area contributed by atoms with Crippen LogP contribution in [0.5, 0.6) is 5.75 Å². The number of aromatic nitrogens is 1. The summed E-state index contributed by atoms with van der Waals surface area (Å²) >= 11 is 1.44. The standard InChI is InChI=1S/C24H30N4O5S2.ClH/c1-26(2)11-4-12-28(24-25-21-17-19(32-3)7-10-22(21)34-24)23(29)18-5-8-20(9-6-18)35(30,31)27-13-15-33-16-14-27;/h5-10,17H,4,11-16H2,1-3H3;1H. The lowest BCUT2D eigenvalue weighted by molar-refractivity contribution is 0.0730. The van der Waals surface area contributed by atoms with Crippen LogP contribution in [0.2, 0.25) is 0 Å². The Morgan fingerprint density at radius 1 is 1.11 bits per heavy atom. The lowest BCUT2D eigenvalue weighted by atomic mass is 10.2. The van der Waals surface area contributed by atoms with Gasteiger partial charge in [-0.1, -0.05) is 11.3 Å². The Balaban J connectivity index is 0.00000361. The summed E-state index contributed by atoms with van der Waals surface area (Å²) in [5.74, 6) is 0.488. The first kappa shape index (κ1) is 28.3. The number of methoxy groups -OCH3 is 1. The molecule has 1 amide bonds. The summed E-state index contributed by atoms with van der Waals surface area (Å²) in [6.07, 6.45) is 0.765. The lowest BCUT2D eigenvalue weighted by Crippen LogP contribution is -2.40. The predicted molar refractivity (Wildman–Crippen MR) is 144 cm³/mol. The fourth-order valence-electron chi connectivity index (χ4n) is 3.83. The van der Waals surface area contributed by atoms with Crippen LogP contribution in [0.3, 0.4) is 0 Å². The number of fused-ring (bicyclic) bond motifs is 1. The number of carbonyl (C=O) groups excluding carboxylic acids is 1. The van der Waals surface area contributed by atoms with Crippen LogP contribution < -0.4 is 9.64 Å².